The van der Waals surface area contributed by atoms with Crippen molar-refractivity contribution in [2.45, 2.75) is 25.3 Å². The van der Waals surface area contributed by atoms with Gasteiger partial charge in [0, 0.05) is 12.3 Å². The molecule has 0 saturated heterocycles. The number of nitrogens with one attached hydrogen (secondary N) is 2. The Morgan fingerprint density at radius 3 is 2.63 bits per heavy atom. The number of aromatic hydroxyl groups is 1. The average molecular weight is 480 g/mol. The molecule has 0 radical (unpaired) electrons. The summed E-state index contributed by atoms with van der Waals surface area (Å²) in [5.74, 6) is -3.39. The number of pyridine rings is 3. The van der Waals surface area contributed by atoms with E-state index in [1.54, 1.807) is 36.4 Å². The van der Waals surface area contributed by atoms with Crippen LogP contribution in [0.5, 0.6) is 11.5 Å². The Morgan fingerprint density at radius 1 is 1.20 bits per heavy atom. The Balaban J connectivity index is 1.75. The number of aromatic nitrogens is 3. The van der Waals surface area contributed by atoms with Crippen molar-refractivity contribution >= 4 is 16.9 Å². The van der Waals surface area contributed by atoms with Crippen LogP contribution in [-0.4, -0.2) is 33.1 Å². The van der Waals surface area contributed by atoms with Gasteiger partial charge in [0.1, 0.15) is 22.9 Å². The fourth-order valence-electron chi connectivity index (χ4n) is 3.89. The standard InChI is InChI=1S/C25H22F2N4O4/c1-13(21-18(27)11-15(26)12-29-21)30-24(33)17(10-14-5-7-16(35-2)8-6-14)20-23(32)22-19(31-25(20)34)4-3-9-28-22/h3-9,11-13,17H,10H2,1-2H3,(H,30,33)(H2,31,32,34)/t13-,17-/m1/s1. The second-order valence-electron chi connectivity index (χ2n) is 7.97. The molecule has 0 spiro atoms. The lowest BCUT2D eigenvalue weighted by atomic mass is 9.90. The summed E-state index contributed by atoms with van der Waals surface area (Å²) in [6.07, 6.45) is 2.34. The number of methoxy groups -OCH3 is 1. The van der Waals surface area contributed by atoms with Crippen molar-refractivity contribution in [1.29, 1.82) is 0 Å². The summed E-state index contributed by atoms with van der Waals surface area (Å²) in [5, 5.41) is 13.6. The summed E-state index contributed by atoms with van der Waals surface area (Å²) >= 11 is 0. The van der Waals surface area contributed by atoms with Crippen LogP contribution in [0.15, 0.2) is 59.7 Å². The molecule has 0 aliphatic rings. The highest BCUT2D eigenvalue weighted by Crippen LogP contribution is 2.31. The van der Waals surface area contributed by atoms with Crippen LogP contribution < -0.4 is 15.6 Å². The summed E-state index contributed by atoms with van der Waals surface area (Å²) < 4.78 is 32.7. The predicted octanol–water partition coefficient (Wildman–Crippen LogP) is 3.51. The molecule has 4 aromatic rings. The van der Waals surface area contributed by atoms with Crippen LogP contribution >= 0.6 is 0 Å². The van der Waals surface area contributed by atoms with Crippen molar-refractivity contribution in [2.24, 2.45) is 0 Å². The molecule has 0 aliphatic heterocycles. The molecule has 4 rings (SSSR count). The third kappa shape index (κ3) is 4.96. The highest BCUT2D eigenvalue weighted by Gasteiger charge is 2.30. The first-order chi connectivity index (χ1) is 16.8. The third-order valence-corrected chi connectivity index (χ3v) is 5.65. The molecule has 10 heteroatoms. The molecule has 8 nitrogen and oxygen atoms in total. The maximum Gasteiger partial charge on any atom is 0.256 e. The Morgan fingerprint density at radius 2 is 1.94 bits per heavy atom. The van der Waals surface area contributed by atoms with Gasteiger partial charge in [-0.15, -0.1) is 0 Å². The van der Waals surface area contributed by atoms with E-state index in [1.807, 2.05) is 0 Å². The number of carbonyl (C=O) groups excluding carboxylic acids is 1. The van der Waals surface area contributed by atoms with Crippen LogP contribution in [0.4, 0.5) is 8.78 Å². The lowest BCUT2D eigenvalue weighted by Gasteiger charge is -2.21. The topological polar surface area (TPSA) is 117 Å². The fraction of sp³-hybridized carbons (Fsp3) is 0.200. The maximum absolute atomic E-state index is 14.2. The van der Waals surface area contributed by atoms with Crippen molar-refractivity contribution in [3.8, 4) is 11.5 Å². The number of nitrogens with zero attached hydrogens (tertiary/aromatic N) is 2. The fourth-order valence-corrected chi connectivity index (χ4v) is 3.89. The molecule has 0 aliphatic carbocycles. The maximum atomic E-state index is 14.2. The van der Waals surface area contributed by atoms with Gasteiger partial charge in [-0.2, -0.15) is 0 Å². The molecule has 0 saturated carbocycles. The number of H-pyrrole nitrogens is 1. The highest BCUT2D eigenvalue weighted by atomic mass is 19.1. The monoisotopic (exact) mass is 480 g/mol. The van der Waals surface area contributed by atoms with E-state index in [4.69, 9.17) is 4.74 Å². The van der Waals surface area contributed by atoms with E-state index in [0.717, 1.165) is 6.20 Å². The Hall–Kier alpha value is -4.34. The number of rotatable bonds is 7. The average Bonchev–Trinajstić information content (AvgIpc) is 2.83. The van der Waals surface area contributed by atoms with Crippen molar-refractivity contribution in [1.82, 2.24) is 20.3 Å². The molecular formula is C25H22F2N4O4. The first-order valence-corrected chi connectivity index (χ1v) is 10.7. The summed E-state index contributed by atoms with van der Waals surface area (Å²) in [6.45, 7) is 1.48. The minimum absolute atomic E-state index is 0.0385. The van der Waals surface area contributed by atoms with Crippen LogP contribution in [0.25, 0.3) is 11.0 Å². The van der Waals surface area contributed by atoms with Crippen molar-refractivity contribution < 1.29 is 23.4 Å². The largest absolute Gasteiger partial charge is 0.505 e. The van der Waals surface area contributed by atoms with Crippen molar-refractivity contribution in [3.05, 3.63) is 93.7 Å². The van der Waals surface area contributed by atoms with Gasteiger partial charge in [-0.05, 0) is 43.2 Å². The summed E-state index contributed by atoms with van der Waals surface area (Å²) in [6, 6.07) is 9.78. The minimum Gasteiger partial charge on any atom is -0.505 e. The Kier molecular flexibility index (Phi) is 6.72. The van der Waals surface area contributed by atoms with Crippen LogP contribution in [-0.2, 0) is 11.2 Å². The predicted molar refractivity (Wildman–Crippen MR) is 124 cm³/mol. The van der Waals surface area contributed by atoms with Gasteiger partial charge >= 0.3 is 0 Å². The Labute approximate surface area is 198 Å². The van der Waals surface area contributed by atoms with Gasteiger partial charge < -0.3 is 20.1 Å². The van der Waals surface area contributed by atoms with Crippen molar-refractivity contribution in [3.63, 3.8) is 0 Å². The SMILES string of the molecule is COc1ccc(C[C@@H](C(=O)N[C@H](C)c2ncc(F)cc2F)c2c(O)c3ncccc3[nH]c2=O)cc1. The first kappa shape index (κ1) is 23.8. The first-order valence-electron chi connectivity index (χ1n) is 10.7. The summed E-state index contributed by atoms with van der Waals surface area (Å²) in [7, 11) is 1.52. The number of halogens is 2. The third-order valence-electron chi connectivity index (χ3n) is 5.65. The van der Waals surface area contributed by atoms with E-state index in [1.165, 1.54) is 20.2 Å². The number of benzene rings is 1. The zero-order chi connectivity index (χ0) is 25.1. The van der Waals surface area contributed by atoms with E-state index in [2.05, 4.69) is 20.3 Å². The van der Waals surface area contributed by atoms with E-state index < -0.39 is 40.8 Å². The summed E-state index contributed by atoms with van der Waals surface area (Å²) in [4.78, 5) is 36.9. The Bertz CT molecular complexity index is 1440. The van der Waals surface area contributed by atoms with E-state index in [9.17, 15) is 23.5 Å². The second-order valence-corrected chi connectivity index (χ2v) is 7.97. The molecule has 3 N–H and O–H groups in total. The number of hydrogen-bond acceptors (Lipinski definition) is 6. The lowest BCUT2D eigenvalue weighted by Crippen LogP contribution is -2.36. The minimum atomic E-state index is -1.16. The molecule has 0 bridgehead atoms. The van der Waals surface area contributed by atoms with Gasteiger partial charge in [0.05, 0.1) is 42.0 Å². The van der Waals surface area contributed by atoms with Crippen LogP contribution in [0.1, 0.15) is 35.7 Å². The lowest BCUT2D eigenvalue weighted by molar-refractivity contribution is -0.123. The number of carbonyl (C=O) groups is 1. The van der Waals surface area contributed by atoms with Crippen LogP contribution in [0, 0.1) is 11.6 Å². The highest BCUT2D eigenvalue weighted by molar-refractivity contribution is 5.89. The van der Waals surface area contributed by atoms with Gasteiger partial charge in [0.25, 0.3) is 5.56 Å². The molecule has 3 heterocycles. The van der Waals surface area contributed by atoms with Gasteiger partial charge in [0.2, 0.25) is 5.91 Å². The van der Waals surface area contributed by atoms with E-state index in [-0.39, 0.29) is 23.2 Å². The normalized spacial score (nSPS) is 12.8. The van der Waals surface area contributed by atoms with Crippen LogP contribution in [0.2, 0.25) is 0 Å². The van der Waals surface area contributed by atoms with E-state index >= 15 is 0 Å². The second kappa shape index (κ2) is 9.88. The zero-order valence-corrected chi connectivity index (χ0v) is 18.9. The number of fused-ring (bicyclic) bond motifs is 1. The smallest absolute Gasteiger partial charge is 0.256 e. The number of amides is 1. The van der Waals surface area contributed by atoms with Crippen molar-refractivity contribution in [2.75, 3.05) is 7.11 Å². The number of ether oxygens (including phenoxy) is 1. The quantitative estimate of drug-likeness (QED) is 0.373. The molecule has 1 aromatic carbocycles. The van der Waals surface area contributed by atoms with E-state index in [0.29, 0.717) is 22.9 Å². The molecule has 3 aromatic heterocycles. The van der Waals surface area contributed by atoms with Gasteiger partial charge in [-0.3, -0.25) is 19.6 Å². The molecule has 0 fully saturated rings. The number of aromatic amines is 1. The molecule has 180 valence electrons. The van der Waals surface area contributed by atoms with Gasteiger partial charge in [-0.25, -0.2) is 8.78 Å². The molecule has 0 unspecified atom stereocenters. The number of hydrogen-bond donors (Lipinski definition) is 3. The van der Waals surface area contributed by atoms with Gasteiger partial charge in [-0.1, -0.05) is 12.1 Å². The molecule has 2 atom stereocenters. The van der Waals surface area contributed by atoms with Crippen LogP contribution in [0.3, 0.4) is 0 Å². The zero-order valence-electron chi connectivity index (χ0n) is 18.9. The van der Waals surface area contributed by atoms with Gasteiger partial charge in [0.15, 0.2) is 5.75 Å². The molecule has 1 amide bonds. The molecular weight excluding hydrogens is 458 g/mol. The summed E-state index contributed by atoms with van der Waals surface area (Å²) in [5.41, 5.74) is 0.132. The molecule has 35 heavy (non-hydrogen) atoms.